The number of benzene rings is 2. The third-order valence-corrected chi connectivity index (χ3v) is 4.20. The van der Waals surface area contributed by atoms with Crippen LogP contribution in [-0.2, 0) is 11.2 Å². The summed E-state index contributed by atoms with van der Waals surface area (Å²) in [6, 6.07) is 18.6. The molecule has 1 atom stereocenters. The van der Waals surface area contributed by atoms with E-state index in [0.717, 1.165) is 31.5 Å². The Bertz CT molecular complexity index is 606. The topological polar surface area (TPSA) is 29.1 Å². The number of nitrogens with one attached hydrogen (secondary N) is 1. The summed E-state index contributed by atoms with van der Waals surface area (Å²) in [5, 5.41) is 3.38. The first-order chi connectivity index (χ1) is 10.3. The van der Waals surface area contributed by atoms with Gasteiger partial charge in [-0.1, -0.05) is 48.5 Å². The SMILES string of the molecule is O=C(CCCc1ccccc1)C1CCNc2ccccc21. The number of carbonyl (C=O) groups is 1. The van der Waals surface area contributed by atoms with Crippen LogP contribution in [0.1, 0.15) is 36.3 Å². The molecule has 2 heteroatoms. The molecule has 0 amide bonds. The fourth-order valence-corrected chi connectivity index (χ4v) is 3.09. The molecule has 1 heterocycles. The van der Waals surface area contributed by atoms with E-state index in [1.807, 2.05) is 18.2 Å². The van der Waals surface area contributed by atoms with Gasteiger partial charge in [0, 0.05) is 24.6 Å². The largest absolute Gasteiger partial charge is 0.385 e. The number of hydrogen-bond acceptors (Lipinski definition) is 2. The average molecular weight is 279 g/mol. The molecule has 108 valence electrons. The Morgan fingerprint density at radius 3 is 2.67 bits per heavy atom. The van der Waals surface area contributed by atoms with E-state index in [-0.39, 0.29) is 5.92 Å². The number of ketones is 1. The van der Waals surface area contributed by atoms with Crippen LogP contribution in [0.5, 0.6) is 0 Å². The van der Waals surface area contributed by atoms with Crippen LogP contribution in [0.2, 0.25) is 0 Å². The van der Waals surface area contributed by atoms with Crippen molar-refractivity contribution in [1.82, 2.24) is 0 Å². The molecule has 2 aromatic carbocycles. The zero-order valence-corrected chi connectivity index (χ0v) is 12.2. The Hall–Kier alpha value is -2.09. The van der Waals surface area contributed by atoms with E-state index in [1.165, 1.54) is 11.1 Å². The minimum absolute atomic E-state index is 0.0817. The number of carbonyl (C=O) groups excluding carboxylic acids is 1. The Balaban J connectivity index is 1.59. The standard InChI is InChI=1S/C19H21NO/c21-19(12-6-9-15-7-2-1-3-8-15)17-13-14-20-18-11-5-4-10-16(17)18/h1-5,7-8,10-11,17,20H,6,9,12-14H2. The third kappa shape index (κ3) is 3.33. The first-order valence-corrected chi connectivity index (χ1v) is 7.74. The lowest BCUT2D eigenvalue weighted by atomic mass is 9.85. The van der Waals surface area contributed by atoms with Gasteiger partial charge in [0.25, 0.3) is 0 Å². The summed E-state index contributed by atoms with van der Waals surface area (Å²) in [5.41, 5.74) is 3.62. The maximum atomic E-state index is 12.5. The Labute approximate surface area is 126 Å². The van der Waals surface area contributed by atoms with E-state index >= 15 is 0 Å². The van der Waals surface area contributed by atoms with Crippen LogP contribution in [0.4, 0.5) is 5.69 Å². The summed E-state index contributed by atoms with van der Waals surface area (Å²) < 4.78 is 0. The predicted octanol–water partition coefficient (Wildman–Crippen LogP) is 4.18. The quantitative estimate of drug-likeness (QED) is 0.889. The van der Waals surface area contributed by atoms with Crippen LogP contribution in [0, 0.1) is 0 Å². The van der Waals surface area contributed by atoms with E-state index in [0.29, 0.717) is 12.2 Å². The van der Waals surface area contributed by atoms with Gasteiger partial charge in [-0.2, -0.15) is 0 Å². The van der Waals surface area contributed by atoms with Crippen LogP contribution in [0.25, 0.3) is 0 Å². The van der Waals surface area contributed by atoms with E-state index in [9.17, 15) is 4.79 Å². The van der Waals surface area contributed by atoms with Crippen molar-refractivity contribution in [3.8, 4) is 0 Å². The Morgan fingerprint density at radius 2 is 1.81 bits per heavy atom. The molecule has 0 aliphatic carbocycles. The second-order valence-corrected chi connectivity index (χ2v) is 5.66. The molecule has 1 aliphatic rings. The summed E-state index contributed by atoms with van der Waals surface area (Å²) in [4.78, 5) is 12.5. The highest BCUT2D eigenvalue weighted by Gasteiger charge is 2.25. The van der Waals surface area contributed by atoms with Gasteiger partial charge < -0.3 is 5.32 Å². The lowest BCUT2D eigenvalue weighted by molar-refractivity contribution is -0.120. The van der Waals surface area contributed by atoms with Crippen molar-refractivity contribution in [2.75, 3.05) is 11.9 Å². The lowest BCUT2D eigenvalue weighted by Gasteiger charge is -2.25. The molecule has 2 nitrogen and oxygen atoms in total. The highest BCUT2D eigenvalue weighted by atomic mass is 16.1. The van der Waals surface area contributed by atoms with Gasteiger partial charge in [-0.05, 0) is 36.5 Å². The maximum absolute atomic E-state index is 12.5. The van der Waals surface area contributed by atoms with Gasteiger partial charge in [0.05, 0.1) is 0 Å². The monoisotopic (exact) mass is 279 g/mol. The van der Waals surface area contributed by atoms with E-state index < -0.39 is 0 Å². The van der Waals surface area contributed by atoms with Crippen LogP contribution >= 0.6 is 0 Å². The number of anilines is 1. The predicted molar refractivity (Wildman–Crippen MR) is 86.7 cm³/mol. The van der Waals surface area contributed by atoms with Gasteiger partial charge in [0.1, 0.15) is 5.78 Å². The molecule has 0 saturated heterocycles. The van der Waals surface area contributed by atoms with Crippen LogP contribution in [-0.4, -0.2) is 12.3 Å². The van der Waals surface area contributed by atoms with Gasteiger partial charge in [-0.15, -0.1) is 0 Å². The molecule has 0 radical (unpaired) electrons. The summed E-state index contributed by atoms with van der Waals surface area (Å²) in [6.07, 6.45) is 3.52. The van der Waals surface area contributed by atoms with Crippen molar-refractivity contribution in [1.29, 1.82) is 0 Å². The highest BCUT2D eigenvalue weighted by molar-refractivity contribution is 5.88. The van der Waals surface area contributed by atoms with Gasteiger partial charge in [0.2, 0.25) is 0 Å². The molecule has 0 fully saturated rings. The van der Waals surface area contributed by atoms with Crippen molar-refractivity contribution in [2.45, 2.75) is 31.6 Å². The molecule has 0 bridgehead atoms. The molecule has 1 aliphatic heterocycles. The lowest BCUT2D eigenvalue weighted by Crippen LogP contribution is -2.22. The van der Waals surface area contributed by atoms with Crippen molar-refractivity contribution >= 4 is 11.5 Å². The number of para-hydroxylation sites is 1. The first-order valence-electron chi connectivity index (χ1n) is 7.74. The normalized spacial score (nSPS) is 16.9. The first kappa shape index (κ1) is 13.9. The van der Waals surface area contributed by atoms with Gasteiger partial charge in [0.15, 0.2) is 0 Å². The molecule has 1 unspecified atom stereocenters. The number of Topliss-reactive ketones (excluding diaryl/α,β-unsaturated/α-hetero) is 1. The minimum atomic E-state index is 0.0817. The van der Waals surface area contributed by atoms with Crippen molar-refractivity contribution in [3.05, 3.63) is 65.7 Å². The molecular weight excluding hydrogens is 258 g/mol. The fourth-order valence-electron chi connectivity index (χ4n) is 3.09. The van der Waals surface area contributed by atoms with Crippen LogP contribution in [0.15, 0.2) is 54.6 Å². The third-order valence-electron chi connectivity index (χ3n) is 4.20. The summed E-state index contributed by atoms with van der Waals surface area (Å²) >= 11 is 0. The molecule has 0 saturated carbocycles. The highest BCUT2D eigenvalue weighted by Crippen LogP contribution is 2.32. The average Bonchev–Trinajstić information content (AvgIpc) is 2.55. The van der Waals surface area contributed by atoms with Crippen LogP contribution < -0.4 is 5.32 Å². The van der Waals surface area contributed by atoms with E-state index in [1.54, 1.807) is 0 Å². The van der Waals surface area contributed by atoms with Crippen molar-refractivity contribution in [2.24, 2.45) is 0 Å². The van der Waals surface area contributed by atoms with Gasteiger partial charge in [-0.25, -0.2) is 0 Å². The summed E-state index contributed by atoms with van der Waals surface area (Å²) in [6.45, 7) is 0.895. The smallest absolute Gasteiger partial charge is 0.140 e. The summed E-state index contributed by atoms with van der Waals surface area (Å²) in [7, 11) is 0. The zero-order chi connectivity index (χ0) is 14.5. The zero-order valence-electron chi connectivity index (χ0n) is 12.2. The van der Waals surface area contributed by atoms with Crippen molar-refractivity contribution in [3.63, 3.8) is 0 Å². The molecule has 21 heavy (non-hydrogen) atoms. The Kier molecular flexibility index (Phi) is 4.34. The number of fused-ring (bicyclic) bond motifs is 1. The molecule has 3 rings (SSSR count). The van der Waals surface area contributed by atoms with Crippen LogP contribution in [0.3, 0.4) is 0 Å². The number of rotatable bonds is 5. The number of aryl methyl sites for hydroxylation is 1. The molecule has 0 aromatic heterocycles. The molecule has 2 aromatic rings. The minimum Gasteiger partial charge on any atom is -0.385 e. The van der Waals surface area contributed by atoms with Crippen molar-refractivity contribution < 1.29 is 4.79 Å². The Morgan fingerprint density at radius 1 is 1.05 bits per heavy atom. The molecular formula is C19H21NO. The maximum Gasteiger partial charge on any atom is 0.140 e. The second-order valence-electron chi connectivity index (χ2n) is 5.66. The summed E-state index contributed by atoms with van der Waals surface area (Å²) in [5.74, 6) is 0.470. The fraction of sp³-hybridized carbons (Fsp3) is 0.316. The molecule has 1 N–H and O–H groups in total. The van der Waals surface area contributed by atoms with E-state index in [2.05, 4.69) is 41.7 Å². The van der Waals surface area contributed by atoms with Gasteiger partial charge in [-0.3, -0.25) is 4.79 Å². The number of hydrogen-bond donors (Lipinski definition) is 1. The van der Waals surface area contributed by atoms with E-state index in [4.69, 9.17) is 0 Å². The van der Waals surface area contributed by atoms with Gasteiger partial charge >= 0.3 is 0 Å². The molecule has 0 spiro atoms. The second kappa shape index (κ2) is 6.57.